The molecule has 0 aromatic heterocycles. The van der Waals surface area contributed by atoms with Crippen molar-refractivity contribution < 1.29 is 19.1 Å². The van der Waals surface area contributed by atoms with Crippen LogP contribution in [0.1, 0.15) is 58.3 Å². The van der Waals surface area contributed by atoms with Crippen LogP contribution in [0.15, 0.2) is 0 Å². The van der Waals surface area contributed by atoms with Crippen molar-refractivity contribution in [2.45, 2.75) is 76.7 Å². The highest BCUT2D eigenvalue weighted by Crippen LogP contribution is 2.32. The van der Waals surface area contributed by atoms with Gasteiger partial charge in [0, 0.05) is 39.2 Å². The molecule has 0 unspecified atom stereocenters. The average Bonchev–Trinajstić information content (AvgIpc) is 2.80. The van der Waals surface area contributed by atoms with Crippen molar-refractivity contribution in [3.05, 3.63) is 0 Å². The molecule has 0 radical (unpaired) electrons. The molecule has 8 nitrogen and oxygen atoms in total. The summed E-state index contributed by atoms with van der Waals surface area (Å²) in [6.07, 6.45) is 9.22. The van der Waals surface area contributed by atoms with E-state index in [0.29, 0.717) is 24.7 Å². The fourth-order valence-corrected chi connectivity index (χ4v) is 5.46. The van der Waals surface area contributed by atoms with Crippen LogP contribution in [0.5, 0.6) is 0 Å². The smallest absolute Gasteiger partial charge is 0.325 e. The Bertz CT molecular complexity index is 566. The fourth-order valence-electron chi connectivity index (χ4n) is 5.46. The summed E-state index contributed by atoms with van der Waals surface area (Å²) < 4.78 is 10.5. The molecule has 3 fully saturated rings. The van der Waals surface area contributed by atoms with Gasteiger partial charge in [0.1, 0.15) is 12.8 Å². The number of nitrogens with zero attached hydrogens (tertiary/aromatic N) is 1. The molecule has 3 rings (SSSR count). The van der Waals surface area contributed by atoms with Gasteiger partial charge in [-0.3, -0.25) is 25.5 Å². The molecule has 3 N–H and O–H groups in total. The molecule has 0 spiro atoms. The van der Waals surface area contributed by atoms with Crippen molar-refractivity contribution >= 4 is 11.9 Å². The van der Waals surface area contributed by atoms with Crippen molar-refractivity contribution in [3.8, 4) is 0 Å². The first-order valence-corrected chi connectivity index (χ1v) is 12.2. The number of likely N-dealkylation sites (N-methyl/N-ethyl adjacent to an activating group) is 1. The maximum atomic E-state index is 12.6. The van der Waals surface area contributed by atoms with E-state index < -0.39 is 0 Å². The molecule has 3 aliphatic rings. The van der Waals surface area contributed by atoms with E-state index in [0.717, 1.165) is 44.7 Å². The van der Waals surface area contributed by atoms with Gasteiger partial charge >= 0.3 is 5.97 Å². The summed E-state index contributed by atoms with van der Waals surface area (Å²) >= 11 is 0. The first kappa shape index (κ1) is 24.4. The van der Waals surface area contributed by atoms with Gasteiger partial charge in [0.2, 0.25) is 5.91 Å². The van der Waals surface area contributed by atoms with Crippen LogP contribution in [0.3, 0.4) is 0 Å². The number of rotatable bonds is 8. The van der Waals surface area contributed by atoms with Crippen molar-refractivity contribution in [1.29, 1.82) is 0 Å². The maximum absolute atomic E-state index is 12.6. The molecule has 31 heavy (non-hydrogen) atoms. The summed E-state index contributed by atoms with van der Waals surface area (Å²) in [4.78, 5) is 25.8. The summed E-state index contributed by atoms with van der Waals surface area (Å²) in [5.74, 6) is 1.22. The zero-order chi connectivity index (χ0) is 22.2. The molecule has 1 heterocycles. The molecule has 0 atom stereocenters. The Balaban J connectivity index is 1.32. The molecule has 2 aliphatic carbocycles. The number of amides is 1. The molecule has 178 valence electrons. The van der Waals surface area contributed by atoms with Crippen LogP contribution in [0.2, 0.25) is 0 Å². The van der Waals surface area contributed by atoms with Crippen LogP contribution in [0.4, 0.5) is 0 Å². The summed E-state index contributed by atoms with van der Waals surface area (Å²) in [6.45, 7) is 4.27. The third-order valence-corrected chi connectivity index (χ3v) is 7.41. The minimum absolute atomic E-state index is 0.0105. The zero-order valence-corrected chi connectivity index (χ0v) is 19.5. The lowest BCUT2D eigenvalue weighted by Gasteiger charge is -2.40. The summed E-state index contributed by atoms with van der Waals surface area (Å²) in [7, 11) is 3.52. The van der Waals surface area contributed by atoms with Gasteiger partial charge < -0.3 is 14.4 Å². The third-order valence-electron chi connectivity index (χ3n) is 7.41. The standard InChI is InChI=1S/C23H42N4O4/c1-4-31-21(28)15-27(2)22(29)17-5-9-19(10-6-17)26-23-24-13-18(14-25-23)16-7-11-20(30-3)12-8-16/h16-20,23-26H,4-15H2,1-3H3. The Hall–Kier alpha value is -1.22. The Labute approximate surface area is 187 Å². The topological polar surface area (TPSA) is 91.9 Å². The molecule has 1 saturated heterocycles. The molecular formula is C23H42N4O4. The van der Waals surface area contributed by atoms with Gasteiger partial charge in [0.25, 0.3) is 0 Å². The molecule has 2 saturated carbocycles. The largest absolute Gasteiger partial charge is 0.465 e. The third kappa shape index (κ3) is 7.14. The monoisotopic (exact) mass is 438 g/mol. The van der Waals surface area contributed by atoms with E-state index in [4.69, 9.17) is 9.47 Å². The highest BCUT2D eigenvalue weighted by molar-refractivity contribution is 5.83. The average molecular weight is 439 g/mol. The Morgan fingerprint density at radius 2 is 1.61 bits per heavy atom. The van der Waals surface area contributed by atoms with Crippen LogP contribution >= 0.6 is 0 Å². The van der Waals surface area contributed by atoms with E-state index in [2.05, 4.69) is 16.0 Å². The van der Waals surface area contributed by atoms with Gasteiger partial charge in [-0.15, -0.1) is 0 Å². The van der Waals surface area contributed by atoms with E-state index in [9.17, 15) is 9.59 Å². The van der Waals surface area contributed by atoms with Crippen molar-refractivity contribution in [1.82, 2.24) is 20.9 Å². The van der Waals surface area contributed by atoms with Crippen molar-refractivity contribution in [3.63, 3.8) is 0 Å². The number of hydrogen-bond acceptors (Lipinski definition) is 7. The van der Waals surface area contributed by atoms with Crippen molar-refractivity contribution in [2.24, 2.45) is 17.8 Å². The van der Waals surface area contributed by atoms with E-state index in [1.165, 1.54) is 30.6 Å². The van der Waals surface area contributed by atoms with E-state index in [-0.39, 0.29) is 30.6 Å². The Morgan fingerprint density at radius 1 is 0.968 bits per heavy atom. The molecule has 1 aliphatic heterocycles. The van der Waals surface area contributed by atoms with E-state index in [1.54, 1.807) is 14.0 Å². The number of carbonyl (C=O) groups is 2. The molecule has 0 bridgehead atoms. The minimum Gasteiger partial charge on any atom is -0.465 e. The molecular weight excluding hydrogens is 396 g/mol. The lowest BCUT2D eigenvalue weighted by atomic mass is 9.78. The zero-order valence-electron chi connectivity index (χ0n) is 19.5. The van der Waals surface area contributed by atoms with Gasteiger partial charge in [-0.05, 0) is 70.1 Å². The normalized spacial score (nSPS) is 34.2. The number of ether oxygens (including phenoxy) is 2. The quantitative estimate of drug-likeness (QED) is 0.494. The molecule has 1 amide bonds. The lowest BCUT2D eigenvalue weighted by molar-refractivity contribution is -0.149. The predicted molar refractivity (Wildman–Crippen MR) is 119 cm³/mol. The van der Waals surface area contributed by atoms with E-state index >= 15 is 0 Å². The highest BCUT2D eigenvalue weighted by Gasteiger charge is 2.33. The number of carbonyl (C=O) groups excluding carboxylic acids is 2. The van der Waals surface area contributed by atoms with Crippen LogP contribution < -0.4 is 16.0 Å². The van der Waals surface area contributed by atoms with E-state index in [1.807, 2.05) is 7.11 Å². The summed E-state index contributed by atoms with van der Waals surface area (Å²) in [5.41, 5.74) is 0. The van der Waals surface area contributed by atoms with Crippen LogP contribution in [0.25, 0.3) is 0 Å². The SMILES string of the molecule is CCOC(=O)CN(C)C(=O)C1CCC(NC2NCC(C3CCC(OC)CC3)CN2)CC1. The van der Waals surface area contributed by atoms with Gasteiger partial charge in [-0.2, -0.15) is 0 Å². The number of hydrogen-bond donors (Lipinski definition) is 3. The molecule has 0 aromatic carbocycles. The minimum atomic E-state index is -0.340. The van der Waals surface area contributed by atoms with Gasteiger partial charge in [0.15, 0.2) is 0 Å². The highest BCUT2D eigenvalue weighted by atomic mass is 16.5. The first-order valence-electron chi connectivity index (χ1n) is 12.2. The Morgan fingerprint density at radius 3 is 2.19 bits per heavy atom. The number of methoxy groups -OCH3 is 1. The lowest BCUT2D eigenvalue weighted by Crippen LogP contribution is -2.63. The number of esters is 1. The van der Waals surface area contributed by atoms with Gasteiger partial charge in [0.05, 0.1) is 12.7 Å². The molecule has 0 aromatic rings. The van der Waals surface area contributed by atoms with Crippen LogP contribution in [-0.2, 0) is 19.1 Å². The predicted octanol–water partition coefficient (Wildman–Crippen LogP) is 1.45. The van der Waals surface area contributed by atoms with Gasteiger partial charge in [-0.1, -0.05) is 0 Å². The second kappa shape index (κ2) is 12.1. The summed E-state index contributed by atoms with van der Waals surface area (Å²) in [5, 5.41) is 11.0. The fraction of sp³-hybridized carbons (Fsp3) is 0.913. The Kier molecular flexibility index (Phi) is 9.56. The first-order chi connectivity index (χ1) is 15.0. The van der Waals surface area contributed by atoms with Crippen molar-refractivity contribution in [2.75, 3.05) is 40.4 Å². The second-order valence-electron chi connectivity index (χ2n) is 9.50. The van der Waals surface area contributed by atoms with Gasteiger partial charge in [-0.25, -0.2) is 0 Å². The van der Waals surface area contributed by atoms with Crippen LogP contribution in [0, 0.1) is 17.8 Å². The summed E-state index contributed by atoms with van der Waals surface area (Å²) in [6, 6.07) is 0.415. The molecule has 8 heteroatoms. The number of nitrogens with one attached hydrogen (secondary N) is 3. The maximum Gasteiger partial charge on any atom is 0.325 e. The second-order valence-corrected chi connectivity index (χ2v) is 9.50. The van der Waals surface area contributed by atoms with Crippen LogP contribution in [-0.4, -0.2) is 75.6 Å².